The summed E-state index contributed by atoms with van der Waals surface area (Å²) in [6.07, 6.45) is 1.66. The van der Waals surface area contributed by atoms with E-state index in [2.05, 4.69) is 15.3 Å². The minimum absolute atomic E-state index is 0.0351. The van der Waals surface area contributed by atoms with Crippen LogP contribution in [0.25, 0.3) is 21.9 Å². The van der Waals surface area contributed by atoms with Crippen molar-refractivity contribution in [1.29, 1.82) is 0 Å². The van der Waals surface area contributed by atoms with Crippen LogP contribution in [0, 0.1) is 0 Å². The Bertz CT molecular complexity index is 988. The molecule has 1 aromatic carbocycles. The fourth-order valence-electron chi connectivity index (χ4n) is 3.69. The lowest BCUT2D eigenvalue weighted by Gasteiger charge is -2.22. The molecule has 4 rings (SSSR count). The molecule has 4 N–H and O–H groups in total. The second kappa shape index (κ2) is 6.97. The van der Waals surface area contributed by atoms with E-state index in [9.17, 15) is 4.79 Å². The summed E-state index contributed by atoms with van der Waals surface area (Å²) in [6, 6.07) is 3.70. The summed E-state index contributed by atoms with van der Waals surface area (Å²) in [4.78, 5) is 22.2. The number of aromatic nitrogens is 3. The summed E-state index contributed by atoms with van der Waals surface area (Å²) in [7, 11) is 3.19. The van der Waals surface area contributed by atoms with Gasteiger partial charge in [0.05, 0.1) is 39.2 Å². The third-order valence-electron chi connectivity index (χ3n) is 5.19. The number of fused-ring (bicyclic) bond motifs is 3. The zero-order chi connectivity index (χ0) is 18.1. The number of nitrogens with one attached hydrogen (secondary N) is 2. The van der Waals surface area contributed by atoms with Gasteiger partial charge in [-0.25, -0.2) is 4.98 Å². The van der Waals surface area contributed by atoms with Gasteiger partial charge < -0.3 is 24.7 Å². The summed E-state index contributed by atoms with van der Waals surface area (Å²) >= 11 is 0. The molecule has 1 aliphatic heterocycles. The number of rotatable bonds is 5. The molecular formula is C18H25N5O3+2. The SMILES string of the molecule is COc1cc2[nH]c3c(=O)n(CC[NH+]4CC[NH2+]CC4)cnc3c2cc1OC. The second-order valence-electron chi connectivity index (χ2n) is 6.71. The number of benzene rings is 1. The predicted octanol–water partition coefficient (Wildman–Crippen LogP) is -1.64. The first-order valence-electron chi connectivity index (χ1n) is 8.99. The molecule has 3 heterocycles. The second-order valence-corrected chi connectivity index (χ2v) is 6.71. The van der Waals surface area contributed by atoms with Crippen LogP contribution in [0.3, 0.4) is 0 Å². The van der Waals surface area contributed by atoms with Crippen LogP contribution in [0.1, 0.15) is 0 Å². The van der Waals surface area contributed by atoms with Crippen LogP contribution < -0.4 is 25.2 Å². The number of methoxy groups -OCH3 is 2. The number of quaternary nitrogens is 2. The molecule has 1 aliphatic rings. The number of hydrogen-bond acceptors (Lipinski definition) is 4. The van der Waals surface area contributed by atoms with E-state index >= 15 is 0 Å². The van der Waals surface area contributed by atoms with E-state index in [1.807, 2.05) is 12.1 Å². The van der Waals surface area contributed by atoms with E-state index in [0.717, 1.165) is 43.6 Å². The zero-order valence-corrected chi connectivity index (χ0v) is 15.2. The third kappa shape index (κ3) is 2.91. The van der Waals surface area contributed by atoms with E-state index < -0.39 is 0 Å². The van der Waals surface area contributed by atoms with Gasteiger partial charge in [-0.1, -0.05) is 0 Å². The van der Waals surface area contributed by atoms with Crippen molar-refractivity contribution in [2.24, 2.45) is 0 Å². The van der Waals surface area contributed by atoms with Gasteiger partial charge in [-0.2, -0.15) is 0 Å². The van der Waals surface area contributed by atoms with Gasteiger partial charge in [-0.15, -0.1) is 0 Å². The molecule has 8 nitrogen and oxygen atoms in total. The first kappa shape index (κ1) is 16.9. The number of piperazine rings is 1. The Morgan fingerprint density at radius 2 is 1.96 bits per heavy atom. The van der Waals surface area contributed by atoms with Crippen LogP contribution in [0.2, 0.25) is 0 Å². The first-order chi connectivity index (χ1) is 12.7. The lowest BCUT2D eigenvalue weighted by atomic mass is 10.2. The molecule has 1 fully saturated rings. The molecule has 0 spiro atoms. The minimum Gasteiger partial charge on any atom is -0.493 e. The molecule has 0 saturated carbocycles. The lowest BCUT2D eigenvalue weighted by Crippen LogP contribution is -3.20. The molecule has 2 aromatic heterocycles. The Hall–Kier alpha value is -2.58. The fourth-order valence-corrected chi connectivity index (χ4v) is 3.69. The number of nitrogens with two attached hydrogens (primary N) is 1. The van der Waals surface area contributed by atoms with Gasteiger partial charge in [0.15, 0.2) is 11.5 Å². The highest BCUT2D eigenvalue weighted by atomic mass is 16.5. The number of nitrogens with zero attached hydrogens (tertiary/aromatic N) is 2. The van der Waals surface area contributed by atoms with Crippen LogP contribution in [-0.4, -0.2) is 61.5 Å². The predicted molar refractivity (Wildman–Crippen MR) is 98.2 cm³/mol. The van der Waals surface area contributed by atoms with Crippen molar-refractivity contribution >= 4 is 21.9 Å². The van der Waals surface area contributed by atoms with E-state index in [1.54, 1.807) is 30.0 Å². The third-order valence-corrected chi connectivity index (χ3v) is 5.19. The number of ether oxygens (including phenoxy) is 2. The molecular weight excluding hydrogens is 334 g/mol. The first-order valence-corrected chi connectivity index (χ1v) is 8.99. The van der Waals surface area contributed by atoms with E-state index in [4.69, 9.17) is 9.47 Å². The smallest absolute Gasteiger partial charge is 0.277 e. The quantitative estimate of drug-likeness (QED) is 0.510. The van der Waals surface area contributed by atoms with Gasteiger partial charge in [-0.3, -0.25) is 9.36 Å². The standard InChI is InChI=1S/C18H23N5O3/c1-25-14-9-12-13(10-15(14)26-2)21-17-16(12)20-11-23(18(17)24)8-7-22-5-3-19-4-6-22/h9-11,19,21H,3-8H2,1-2H3/p+2. The average Bonchev–Trinajstić information content (AvgIpc) is 3.05. The van der Waals surface area contributed by atoms with Crippen molar-refractivity contribution in [3.8, 4) is 11.5 Å². The average molecular weight is 359 g/mol. The minimum atomic E-state index is -0.0351. The molecule has 0 aliphatic carbocycles. The van der Waals surface area contributed by atoms with Crippen molar-refractivity contribution in [3.63, 3.8) is 0 Å². The summed E-state index contributed by atoms with van der Waals surface area (Å²) in [5.74, 6) is 1.25. The molecule has 138 valence electrons. The highest BCUT2D eigenvalue weighted by molar-refractivity contribution is 6.05. The number of hydrogen-bond donors (Lipinski definition) is 3. The fraction of sp³-hybridized carbons (Fsp3) is 0.444. The van der Waals surface area contributed by atoms with Gasteiger partial charge >= 0.3 is 0 Å². The van der Waals surface area contributed by atoms with Crippen LogP contribution in [-0.2, 0) is 6.54 Å². The molecule has 3 aromatic rings. The lowest BCUT2D eigenvalue weighted by molar-refractivity contribution is -0.947. The Morgan fingerprint density at radius 1 is 1.23 bits per heavy atom. The summed E-state index contributed by atoms with van der Waals surface area (Å²) < 4.78 is 12.4. The molecule has 0 radical (unpaired) electrons. The largest absolute Gasteiger partial charge is 0.493 e. The van der Waals surface area contributed by atoms with Gasteiger partial charge in [-0.05, 0) is 6.07 Å². The highest BCUT2D eigenvalue weighted by Crippen LogP contribution is 2.34. The molecule has 8 heteroatoms. The van der Waals surface area contributed by atoms with Crippen molar-refractivity contribution in [2.75, 3.05) is 46.9 Å². The van der Waals surface area contributed by atoms with Crippen molar-refractivity contribution in [3.05, 3.63) is 28.8 Å². The topological polar surface area (TPSA) is 90.2 Å². The van der Waals surface area contributed by atoms with E-state index in [0.29, 0.717) is 29.1 Å². The van der Waals surface area contributed by atoms with E-state index in [-0.39, 0.29) is 5.56 Å². The van der Waals surface area contributed by atoms with Crippen molar-refractivity contribution < 1.29 is 19.7 Å². The maximum Gasteiger partial charge on any atom is 0.277 e. The molecule has 26 heavy (non-hydrogen) atoms. The van der Waals surface area contributed by atoms with Gasteiger partial charge in [0.2, 0.25) is 0 Å². The van der Waals surface area contributed by atoms with Gasteiger partial charge in [0.1, 0.15) is 37.2 Å². The van der Waals surface area contributed by atoms with Crippen LogP contribution in [0.15, 0.2) is 23.3 Å². The maximum atomic E-state index is 12.9. The summed E-state index contributed by atoms with van der Waals surface area (Å²) in [5, 5.41) is 3.20. The molecule has 0 atom stereocenters. The summed E-state index contributed by atoms with van der Waals surface area (Å²) in [6.45, 7) is 6.25. The molecule has 1 saturated heterocycles. The van der Waals surface area contributed by atoms with Crippen LogP contribution in [0.4, 0.5) is 0 Å². The van der Waals surface area contributed by atoms with E-state index in [1.165, 1.54) is 0 Å². The van der Waals surface area contributed by atoms with Crippen molar-refractivity contribution in [2.45, 2.75) is 6.54 Å². The van der Waals surface area contributed by atoms with Crippen LogP contribution >= 0.6 is 0 Å². The van der Waals surface area contributed by atoms with Crippen molar-refractivity contribution in [1.82, 2.24) is 14.5 Å². The maximum absolute atomic E-state index is 12.9. The molecule has 0 bridgehead atoms. The van der Waals surface area contributed by atoms with Gasteiger partial charge in [0, 0.05) is 11.5 Å². The number of H-pyrrole nitrogens is 1. The van der Waals surface area contributed by atoms with Gasteiger partial charge in [0.25, 0.3) is 5.56 Å². The Morgan fingerprint density at radius 3 is 2.69 bits per heavy atom. The number of aromatic amines is 1. The monoisotopic (exact) mass is 359 g/mol. The Kier molecular flexibility index (Phi) is 4.52. The van der Waals surface area contributed by atoms with Crippen LogP contribution in [0.5, 0.6) is 11.5 Å². The molecule has 0 unspecified atom stereocenters. The summed E-state index contributed by atoms with van der Waals surface area (Å²) in [5.41, 5.74) is 1.98. The Labute approximate surface area is 150 Å². The normalized spacial score (nSPS) is 15.6. The highest BCUT2D eigenvalue weighted by Gasteiger charge is 2.17. The molecule has 0 amide bonds. The zero-order valence-electron chi connectivity index (χ0n) is 15.2. The Balaban J connectivity index is 1.70.